The summed E-state index contributed by atoms with van der Waals surface area (Å²) in [6.45, 7) is 2.32. The number of nitrogens with two attached hydrogens (primary N) is 1. The Hall–Kier alpha value is -2.04. The van der Waals surface area contributed by atoms with Gasteiger partial charge in [0.05, 0.1) is 23.6 Å². The molecule has 0 unspecified atom stereocenters. The molecule has 0 aliphatic rings. The van der Waals surface area contributed by atoms with Gasteiger partial charge >= 0.3 is 0 Å². The van der Waals surface area contributed by atoms with Gasteiger partial charge in [0.15, 0.2) is 5.76 Å². The average molecular weight is 221 g/mol. The second kappa shape index (κ2) is 4.22. The molecule has 1 heterocycles. The molecule has 0 saturated carbocycles. The Labute approximate surface area is 92.2 Å². The molecule has 0 spiro atoms. The van der Waals surface area contributed by atoms with Crippen molar-refractivity contribution < 1.29 is 8.91 Å². The van der Waals surface area contributed by atoms with Gasteiger partial charge in [0.25, 0.3) is 0 Å². The Morgan fingerprint density at radius 2 is 2.25 bits per heavy atom. The van der Waals surface area contributed by atoms with Crippen LogP contribution >= 0.6 is 0 Å². The lowest BCUT2D eigenvalue weighted by Crippen LogP contribution is -2.01. The predicted molar refractivity (Wildman–Crippen MR) is 59.4 cm³/mol. The molecule has 0 atom stereocenters. The van der Waals surface area contributed by atoms with Gasteiger partial charge in [0, 0.05) is 6.07 Å². The number of nitrogen functional groups attached to an aromatic ring is 1. The molecule has 1 aromatic carbocycles. The first-order valence-electron chi connectivity index (χ1n) is 4.86. The topological polar surface area (TPSA) is 64.1 Å². The van der Waals surface area contributed by atoms with Gasteiger partial charge in [-0.05, 0) is 25.1 Å². The first-order chi connectivity index (χ1) is 7.65. The van der Waals surface area contributed by atoms with Gasteiger partial charge in [-0.15, -0.1) is 0 Å². The maximum Gasteiger partial charge on any atom is 0.156 e. The van der Waals surface area contributed by atoms with Crippen LogP contribution in [0.5, 0.6) is 0 Å². The van der Waals surface area contributed by atoms with Gasteiger partial charge in [-0.2, -0.15) is 0 Å². The van der Waals surface area contributed by atoms with Crippen LogP contribution < -0.4 is 11.1 Å². The summed E-state index contributed by atoms with van der Waals surface area (Å²) < 4.78 is 17.8. The normalized spacial score (nSPS) is 10.4. The average Bonchev–Trinajstić information content (AvgIpc) is 2.63. The van der Waals surface area contributed by atoms with Crippen LogP contribution in [0.15, 0.2) is 28.8 Å². The molecular formula is C11H12FN3O. The number of nitrogens with one attached hydrogen (secondary N) is 1. The molecule has 0 saturated heterocycles. The van der Waals surface area contributed by atoms with E-state index in [0.717, 1.165) is 5.69 Å². The summed E-state index contributed by atoms with van der Waals surface area (Å²) in [5.74, 6) is 0.361. The standard InChI is InChI=1S/C11H12FN3O/c1-7-4-9(16-15-7)6-14-11-3-2-8(12)5-10(11)13/h2-5,14H,6,13H2,1H3. The van der Waals surface area contributed by atoms with Gasteiger partial charge in [0.1, 0.15) is 5.82 Å². The highest BCUT2D eigenvalue weighted by molar-refractivity contribution is 5.65. The number of hydrogen-bond acceptors (Lipinski definition) is 4. The molecule has 0 aliphatic carbocycles. The van der Waals surface area contributed by atoms with Crippen LogP contribution in [0.2, 0.25) is 0 Å². The van der Waals surface area contributed by atoms with Crippen LogP contribution in [0.4, 0.5) is 15.8 Å². The smallest absolute Gasteiger partial charge is 0.156 e. The first-order valence-corrected chi connectivity index (χ1v) is 4.86. The van der Waals surface area contributed by atoms with E-state index in [0.29, 0.717) is 23.7 Å². The molecule has 0 amide bonds. The summed E-state index contributed by atoms with van der Waals surface area (Å²) >= 11 is 0. The zero-order chi connectivity index (χ0) is 11.5. The summed E-state index contributed by atoms with van der Waals surface area (Å²) in [5, 5.41) is 6.80. The lowest BCUT2D eigenvalue weighted by Gasteiger charge is -2.06. The lowest BCUT2D eigenvalue weighted by molar-refractivity contribution is 0.384. The molecule has 16 heavy (non-hydrogen) atoms. The summed E-state index contributed by atoms with van der Waals surface area (Å²) in [6, 6.07) is 6.04. The number of hydrogen-bond donors (Lipinski definition) is 2. The van der Waals surface area contributed by atoms with Gasteiger partial charge in [-0.25, -0.2) is 4.39 Å². The third kappa shape index (κ3) is 2.31. The molecule has 84 valence electrons. The van der Waals surface area contributed by atoms with E-state index in [1.807, 2.05) is 13.0 Å². The zero-order valence-corrected chi connectivity index (χ0v) is 8.83. The second-order valence-electron chi connectivity index (χ2n) is 3.52. The summed E-state index contributed by atoms with van der Waals surface area (Å²) in [5.41, 5.74) is 7.51. The van der Waals surface area contributed by atoms with Crippen molar-refractivity contribution in [2.45, 2.75) is 13.5 Å². The van der Waals surface area contributed by atoms with Crippen molar-refractivity contribution in [3.8, 4) is 0 Å². The number of aryl methyl sites for hydroxylation is 1. The summed E-state index contributed by atoms with van der Waals surface area (Å²) in [7, 11) is 0. The maximum absolute atomic E-state index is 12.8. The quantitative estimate of drug-likeness (QED) is 0.781. The van der Waals surface area contributed by atoms with E-state index in [1.165, 1.54) is 12.1 Å². The molecule has 1 aromatic heterocycles. The largest absolute Gasteiger partial charge is 0.397 e. The summed E-state index contributed by atoms with van der Waals surface area (Å²) in [6.07, 6.45) is 0. The highest BCUT2D eigenvalue weighted by Crippen LogP contribution is 2.19. The molecule has 5 heteroatoms. The van der Waals surface area contributed by atoms with Crippen LogP contribution in [-0.2, 0) is 6.54 Å². The Balaban J connectivity index is 2.04. The van der Waals surface area contributed by atoms with Gasteiger partial charge < -0.3 is 15.6 Å². The molecule has 2 aromatic rings. The highest BCUT2D eigenvalue weighted by Gasteiger charge is 2.03. The van der Waals surface area contributed by atoms with Crippen molar-refractivity contribution in [1.29, 1.82) is 0 Å². The lowest BCUT2D eigenvalue weighted by atomic mass is 10.2. The second-order valence-corrected chi connectivity index (χ2v) is 3.52. The molecule has 3 N–H and O–H groups in total. The number of aromatic nitrogens is 1. The van der Waals surface area contributed by atoms with E-state index in [9.17, 15) is 4.39 Å². The Morgan fingerprint density at radius 1 is 1.44 bits per heavy atom. The van der Waals surface area contributed by atoms with Crippen molar-refractivity contribution in [2.75, 3.05) is 11.1 Å². The van der Waals surface area contributed by atoms with Gasteiger partial charge in [0.2, 0.25) is 0 Å². The molecule has 0 bridgehead atoms. The fourth-order valence-corrected chi connectivity index (χ4v) is 1.38. The minimum absolute atomic E-state index is 0.349. The molecular weight excluding hydrogens is 209 g/mol. The predicted octanol–water partition coefficient (Wildman–Crippen LogP) is 2.32. The molecule has 4 nitrogen and oxygen atoms in total. The van der Waals surface area contributed by atoms with Crippen LogP contribution in [0.1, 0.15) is 11.5 Å². The third-order valence-electron chi connectivity index (χ3n) is 2.14. The van der Waals surface area contributed by atoms with Gasteiger partial charge in [-0.3, -0.25) is 0 Å². The monoisotopic (exact) mass is 221 g/mol. The third-order valence-corrected chi connectivity index (χ3v) is 2.14. The van der Waals surface area contributed by atoms with E-state index < -0.39 is 0 Å². The van der Waals surface area contributed by atoms with Crippen molar-refractivity contribution >= 4 is 11.4 Å². The SMILES string of the molecule is Cc1cc(CNc2ccc(F)cc2N)on1. The fourth-order valence-electron chi connectivity index (χ4n) is 1.38. The van der Waals surface area contributed by atoms with E-state index >= 15 is 0 Å². The van der Waals surface area contributed by atoms with Crippen LogP contribution in [-0.4, -0.2) is 5.16 Å². The van der Waals surface area contributed by atoms with E-state index in [4.69, 9.17) is 10.3 Å². The van der Waals surface area contributed by atoms with Crippen molar-refractivity contribution in [2.24, 2.45) is 0 Å². The fraction of sp³-hybridized carbons (Fsp3) is 0.182. The van der Waals surface area contributed by atoms with E-state index in [2.05, 4.69) is 10.5 Å². The Kier molecular flexibility index (Phi) is 2.76. The number of nitrogens with zero attached hydrogens (tertiary/aromatic N) is 1. The summed E-state index contributed by atoms with van der Waals surface area (Å²) in [4.78, 5) is 0. The minimum Gasteiger partial charge on any atom is -0.397 e. The number of benzene rings is 1. The Bertz CT molecular complexity index is 496. The number of halogens is 1. The minimum atomic E-state index is -0.349. The van der Waals surface area contributed by atoms with Crippen LogP contribution in [0.3, 0.4) is 0 Å². The van der Waals surface area contributed by atoms with Crippen molar-refractivity contribution in [3.63, 3.8) is 0 Å². The van der Waals surface area contributed by atoms with E-state index in [1.54, 1.807) is 6.07 Å². The van der Waals surface area contributed by atoms with Crippen LogP contribution in [0, 0.1) is 12.7 Å². The molecule has 0 radical (unpaired) electrons. The number of rotatable bonds is 3. The number of anilines is 2. The zero-order valence-electron chi connectivity index (χ0n) is 8.83. The Morgan fingerprint density at radius 3 is 2.88 bits per heavy atom. The van der Waals surface area contributed by atoms with Crippen LogP contribution in [0.25, 0.3) is 0 Å². The van der Waals surface area contributed by atoms with E-state index in [-0.39, 0.29) is 5.82 Å². The first kappa shape index (κ1) is 10.5. The molecule has 2 rings (SSSR count). The molecule has 0 aliphatic heterocycles. The highest BCUT2D eigenvalue weighted by atomic mass is 19.1. The van der Waals surface area contributed by atoms with Gasteiger partial charge in [-0.1, -0.05) is 5.16 Å². The van der Waals surface area contributed by atoms with Crippen molar-refractivity contribution in [3.05, 3.63) is 41.5 Å². The van der Waals surface area contributed by atoms with Crippen molar-refractivity contribution in [1.82, 2.24) is 5.16 Å². The molecule has 0 fully saturated rings. The maximum atomic E-state index is 12.8.